The van der Waals surface area contributed by atoms with Gasteiger partial charge in [0.15, 0.2) is 0 Å². The predicted octanol–water partition coefficient (Wildman–Crippen LogP) is 3.33. The average Bonchev–Trinajstić information content (AvgIpc) is 2.83. The third-order valence-electron chi connectivity index (χ3n) is 3.59. The van der Waals surface area contributed by atoms with Gasteiger partial charge in [0.05, 0.1) is 15.2 Å². The van der Waals surface area contributed by atoms with Gasteiger partial charge in [0.1, 0.15) is 0 Å². The Bertz CT molecular complexity index is 512. The van der Waals surface area contributed by atoms with Crippen LogP contribution in [0.3, 0.4) is 0 Å². The molecular weight excluding hydrogens is 228 g/mol. The summed E-state index contributed by atoms with van der Waals surface area (Å²) in [6, 6.07) is 6.57. The molecule has 90 valence electrons. The molecule has 2 aromatic rings. The van der Waals surface area contributed by atoms with Crippen molar-refractivity contribution in [3.63, 3.8) is 0 Å². The van der Waals surface area contributed by atoms with Crippen molar-refractivity contribution < 1.29 is 0 Å². The van der Waals surface area contributed by atoms with Gasteiger partial charge >= 0.3 is 0 Å². The van der Waals surface area contributed by atoms with E-state index in [1.54, 1.807) is 0 Å². The number of hydrogen-bond acceptors (Lipinski definition) is 3. The monoisotopic (exact) mass is 246 g/mol. The van der Waals surface area contributed by atoms with Crippen LogP contribution in [0.2, 0.25) is 0 Å². The number of hydrogen-bond donors (Lipinski definition) is 1. The lowest BCUT2D eigenvalue weighted by Gasteiger charge is -2.20. The molecule has 1 N–H and O–H groups in total. The van der Waals surface area contributed by atoms with Crippen molar-refractivity contribution in [3.8, 4) is 0 Å². The minimum absolute atomic E-state index is 0.679. The topological polar surface area (TPSA) is 24.9 Å². The summed E-state index contributed by atoms with van der Waals surface area (Å²) in [6.45, 7) is 4.49. The molecule has 0 radical (unpaired) electrons. The maximum Gasteiger partial charge on any atom is 0.0970 e. The molecule has 0 saturated carbocycles. The lowest BCUT2D eigenvalue weighted by atomic mass is 9.99. The average molecular weight is 246 g/mol. The van der Waals surface area contributed by atoms with E-state index < -0.39 is 0 Å². The van der Waals surface area contributed by atoms with Gasteiger partial charge in [-0.2, -0.15) is 0 Å². The first-order chi connectivity index (χ1) is 8.38. The molecule has 1 fully saturated rings. The second-order valence-electron chi connectivity index (χ2n) is 4.69. The van der Waals surface area contributed by atoms with Crippen molar-refractivity contribution in [1.82, 2.24) is 10.3 Å². The zero-order valence-corrected chi connectivity index (χ0v) is 11.0. The van der Waals surface area contributed by atoms with Gasteiger partial charge in [-0.05, 0) is 44.0 Å². The number of para-hydroxylation sites is 1. The summed E-state index contributed by atoms with van der Waals surface area (Å²) in [7, 11) is 0. The fourth-order valence-electron chi connectivity index (χ4n) is 2.55. The molecular formula is C14H18N2S. The van der Waals surface area contributed by atoms with E-state index in [0.29, 0.717) is 5.92 Å². The van der Waals surface area contributed by atoms with Crippen LogP contribution in [0.15, 0.2) is 18.2 Å². The van der Waals surface area contributed by atoms with Crippen LogP contribution in [0.1, 0.15) is 36.3 Å². The number of fused-ring (bicyclic) bond motifs is 1. The van der Waals surface area contributed by atoms with Crippen LogP contribution >= 0.6 is 11.3 Å². The van der Waals surface area contributed by atoms with Gasteiger partial charge in [0.2, 0.25) is 0 Å². The summed E-state index contributed by atoms with van der Waals surface area (Å²) in [4.78, 5) is 4.90. The number of benzene rings is 1. The van der Waals surface area contributed by atoms with Gasteiger partial charge in [0.25, 0.3) is 0 Å². The molecule has 0 unspecified atom stereocenters. The zero-order chi connectivity index (χ0) is 11.7. The highest BCUT2D eigenvalue weighted by molar-refractivity contribution is 7.18. The first-order valence-corrected chi connectivity index (χ1v) is 7.29. The van der Waals surface area contributed by atoms with Gasteiger partial charge in [-0.1, -0.05) is 19.1 Å². The van der Waals surface area contributed by atoms with Gasteiger partial charge in [0, 0.05) is 5.92 Å². The van der Waals surface area contributed by atoms with Crippen LogP contribution in [0, 0.1) is 0 Å². The number of aryl methyl sites for hydroxylation is 1. The standard InChI is InChI=1S/C14H18N2S/c1-2-10-4-3-5-12-13(10)16-14(17-12)11-6-8-15-9-7-11/h3-5,11,15H,2,6-9H2,1H3. The summed E-state index contributed by atoms with van der Waals surface area (Å²) < 4.78 is 1.36. The minimum Gasteiger partial charge on any atom is -0.317 e. The van der Waals surface area contributed by atoms with Crippen molar-refractivity contribution >= 4 is 21.6 Å². The molecule has 1 aromatic heterocycles. The second kappa shape index (κ2) is 4.75. The summed E-state index contributed by atoms with van der Waals surface area (Å²) in [5, 5.41) is 4.77. The molecule has 0 atom stereocenters. The van der Waals surface area contributed by atoms with E-state index in [2.05, 4.69) is 30.4 Å². The second-order valence-corrected chi connectivity index (χ2v) is 5.76. The van der Waals surface area contributed by atoms with Gasteiger partial charge in [-0.3, -0.25) is 0 Å². The molecule has 1 aliphatic heterocycles. The number of piperidine rings is 1. The highest BCUT2D eigenvalue weighted by atomic mass is 32.1. The molecule has 0 bridgehead atoms. The van der Waals surface area contributed by atoms with E-state index in [9.17, 15) is 0 Å². The Hall–Kier alpha value is -0.930. The summed E-state index contributed by atoms with van der Waals surface area (Å²) in [5.41, 5.74) is 2.63. The zero-order valence-electron chi connectivity index (χ0n) is 10.2. The Balaban J connectivity index is 2.00. The first-order valence-electron chi connectivity index (χ1n) is 6.47. The number of nitrogens with one attached hydrogen (secondary N) is 1. The summed E-state index contributed by atoms with van der Waals surface area (Å²) in [5.74, 6) is 0.679. The Labute approximate surface area is 106 Å². The quantitative estimate of drug-likeness (QED) is 0.879. The van der Waals surface area contributed by atoms with Crippen LogP contribution in [-0.4, -0.2) is 18.1 Å². The van der Waals surface area contributed by atoms with E-state index in [1.807, 2.05) is 11.3 Å². The summed E-state index contributed by atoms with van der Waals surface area (Å²) in [6.07, 6.45) is 3.55. The Kier molecular flexibility index (Phi) is 3.12. The fraction of sp³-hybridized carbons (Fsp3) is 0.500. The number of nitrogens with zero attached hydrogens (tertiary/aromatic N) is 1. The first kappa shape index (κ1) is 11.2. The maximum atomic E-state index is 4.90. The van der Waals surface area contributed by atoms with E-state index >= 15 is 0 Å². The third kappa shape index (κ3) is 2.09. The van der Waals surface area contributed by atoms with Crippen LogP contribution in [0.25, 0.3) is 10.2 Å². The smallest absolute Gasteiger partial charge is 0.0970 e. The largest absolute Gasteiger partial charge is 0.317 e. The van der Waals surface area contributed by atoms with Gasteiger partial charge < -0.3 is 5.32 Å². The molecule has 1 aromatic carbocycles. The molecule has 1 saturated heterocycles. The molecule has 17 heavy (non-hydrogen) atoms. The Morgan fingerprint density at radius 2 is 2.18 bits per heavy atom. The van der Waals surface area contributed by atoms with Crippen molar-refractivity contribution in [3.05, 3.63) is 28.8 Å². The van der Waals surface area contributed by atoms with Crippen LogP contribution in [0.5, 0.6) is 0 Å². The highest BCUT2D eigenvalue weighted by Crippen LogP contribution is 2.33. The number of aromatic nitrogens is 1. The van der Waals surface area contributed by atoms with Crippen LogP contribution < -0.4 is 5.32 Å². The van der Waals surface area contributed by atoms with Crippen LogP contribution in [0.4, 0.5) is 0 Å². The normalized spacial score (nSPS) is 17.7. The molecule has 2 heterocycles. The lowest BCUT2D eigenvalue weighted by molar-refractivity contribution is 0.459. The Morgan fingerprint density at radius 1 is 1.35 bits per heavy atom. The van der Waals surface area contributed by atoms with E-state index in [-0.39, 0.29) is 0 Å². The SMILES string of the molecule is CCc1cccc2sc(C3CCNCC3)nc12. The third-order valence-corrected chi connectivity index (χ3v) is 4.77. The number of thiazole rings is 1. The highest BCUT2D eigenvalue weighted by Gasteiger charge is 2.19. The molecule has 0 amide bonds. The van der Waals surface area contributed by atoms with Crippen molar-refractivity contribution in [2.24, 2.45) is 0 Å². The van der Waals surface area contributed by atoms with Crippen molar-refractivity contribution in [1.29, 1.82) is 0 Å². The maximum absolute atomic E-state index is 4.90. The molecule has 1 aliphatic rings. The fourth-order valence-corrected chi connectivity index (χ4v) is 3.74. The number of rotatable bonds is 2. The van der Waals surface area contributed by atoms with Crippen molar-refractivity contribution in [2.45, 2.75) is 32.1 Å². The molecule has 2 nitrogen and oxygen atoms in total. The Morgan fingerprint density at radius 3 is 2.94 bits per heavy atom. The molecule has 0 aliphatic carbocycles. The van der Waals surface area contributed by atoms with E-state index in [0.717, 1.165) is 19.5 Å². The lowest BCUT2D eigenvalue weighted by Crippen LogP contribution is -2.26. The van der Waals surface area contributed by atoms with Gasteiger partial charge in [-0.15, -0.1) is 11.3 Å². The van der Waals surface area contributed by atoms with Crippen LogP contribution in [-0.2, 0) is 6.42 Å². The minimum atomic E-state index is 0.679. The van der Waals surface area contributed by atoms with E-state index in [1.165, 1.54) is 33.6 Å². The predicted molar refractivity (Wildman–Crippen MR) is 73.8 cm³/mol. The van der Waals surface area contributed by atoms with Crippen molar-refractivity contribution in [2.75, 3.05) is 13.1 Å². The molecule has 0 spiro atoms. The molecule has 3 heteroatoms. The summed E-state index contributed by atoms with van der Waals surface area (Å²) >= 11 is 1.89. The van der Waals surface area contributed by atoms with Gasteiger partial charge in [-0.25, -0.2) is 4.98 Å². The van der Waals surface area contributed by atoms with E-state index in [4.69, 9.17) is 4.98 Å². The molecule has 3 rings (SSSR count).